The van der Waals surface area contributed by atoms with Crippen LogP contribution in [0.2, 0.25) is 5.82 Å². The van der Waals surface area contributed by atoms with Crippen molar-refractivity contribution in [1.82, 2.24) is 0 Å². The first kappa shape index (κ1) is 21.9. The molecular formula is C20H31BFNO4. The third-order valence-corrected chi connectivity index (χ3v) is 5.77. The average molecular weight is 379 g/mol. The Balaban J connectivity index is 2.12. The number of ether oxygens (including phenoxy) is 1. The summed E-state index contributed by atoms with van der Waals surface area (Å²) in [6, 6.07) is 6.47. The summed E-state index contributed by atoms with van der Waals surface area (Å²) < 4.78 is 30.7. The van der Waals surface area contributed by atoms with Crippen LogP contribution in [0.15, 0.2) is 24.3 Å². The van der Waals surface area contributed by atoms with Gasteiger partial charge in [0.1, 0.15) is 5.82 Å². The standard InChI is InChI=1S/C20H31BFNO4/c1-19(2)20(3,4)27-21(26-19)17(16(13-25-5)18(23)24)8-6-7-14-9-11-15(22)12-10-14/h9-12,16-17H,6-8,13H2,1-5H3,(H2,23,24)/t16?,17-/m1/s1. The van der Waals surface area contributed by atoms with Crippen LogP contribution in [0.5, 0.6) is 0 Å². The van der Waals surface area contributed by atoms with E-state index in [4.69, 9.17) is 19.8 Å². The van der Waals surface area contributed by atoms with Crippen LogP contribution in [0.3, 0.4) is 0 Å². The molecule has 2 rings (SSSR count). The van der Waals surface area contributed by atoms with Crippen LogP contribution in [-0.4, -0.2) is 37.9 Å². The smallest absolute Gasteiger partial charge is 0.403 e. The van der Waals surface area contributed by atoms with Crippen molar-refractivity contribution in [2.75, 3.05) is 13.7 Å². The molecule has 1 saturated heterocycles. The summed E-state index contributed by atoms with van der Waals surface area (Å²) in [5.41, 5.74) is 5.73. The first-order valence-electron chi connectivity index (χ1n) is 9.46. The highest BCUT2D eigenvalue weighted by Gasteiger charge is 2.55. The zero-order valence-electron chi connectivity index (χ0n) is 17.0. The Hall–Kier alpha value is -1.44. The maximum absolute atomic E-state index is 13.1. The van der Waals surface area contributed by atoms with Gasteiger partial charge in [0.25, 0.3) is 0 Å². The lowest BCUT2D eigenvalue weighted by atomic mass is 9.62. The number of primary amides is 1. The highest BCUT2D eigenvalue weighted by atomic mass is 19.1. The molecule has 1 heterocycles. The zero-order valence-corrected chi connectivity index (χ0v) is 17.0. The second-order valence-electron chi connectivity index (χ2n) is 8.27. The van der Waals surface area contributed by atoms with E-state index in [1.807, 2.05) is 27.7 Å². The van der Waals surface area contributed by atoms with E-state index >= 15 is 0 Å². The minimum absolute atomic E-state index is 0.219. The van der Waals surface area contributed by atoms with E-state index in [0.717, 1.165) is 18.4 Å². The third-order valence-electron chi connectivity index (χ3n) is 5.77. The Morgan fingerprint density at radius 3 is 2.22 bits per heavy atom. The van der Waals surface area contributed by atoms with Gasteiger partial charge in [-0.15, -0.1) is 0 Å². The molecule has 0 spiro atoms. The Labute approximate surface area is 161 Å². The predicted molar refractivity (Wildman–Crippen MR) is 104 cm³/mol. The molecule has 2 N–H and O–H groups in total. The minimum atomic E-state index is -0.532. The van der Waals surface area contributed by atoms with Gasteiger partial charge in [0.05, 0.1) is 23.7 Å². The number of halogens is 1. The van der Waals surface area contributed by atoms with Crippen molar-refractivity contribution in [3.05, 3.63) is 35.6 Å². The molecule has 150 valence electrons. The zero-order chi connectivity index (χ0) is 20.2. The van der Waals surface area contributed by atoms with Gasteiger partial charge in [-0.2, -0.15) is 0 Å². The number of rotatable bonds is 9. The van der Waals surface area contributed by atoms with Crippen molar-refractivity contribution >= 4 is 13.0 Å². The summed E-state index contributed by atoms with van der Waals surface area (Å²) in [6.45, 7) is 8.16. The van der Waals surface area contributed by atoms with Crippen molar-refractivity contribution in [3.8, 4) is 0 Å². The van der Waals surface area contributed by atoms with Gasteiger partial charge in [-0.3, -0.25) is 4.79 Å². The molecular weight excluding hydrogens is 348 g/mol. The fourth-order valence-corrected chi connectivity index (χ4v) is 3.38. The van der Waals surface area contributed by atoms with Gasteiger partial charge < -0.3 is 19.8 Å². The van der Waals surface area contributed by atoms with E-state index in [0.29, 0.717) is 6.42 Å². The van der Waals surface area contributed by atoms with Crippen LogP contribution in [0.4, 0.5) is 4.39 Å². The minimum Gasteiger partial charge on any atom is -0.403 e. The molecule has 5 nitrogen and oxygen atoms in total. The van der Waals surface area contributed by atoms with Crippen LogP contribution in [0.25, 0.3) is 0 Å². The van der Waals surface area contributed by atoms with Crippen LogP contribution in [-0.2, 0) is 25.3 Å². The lowest BCUT2D eigenvalue weighted by Crippen LogP contribution is -2.41. The Morgan fingerprint density at radius 2 is 1.74 bits per heavy atom. The van der Waals surface area contributed by atoms with E-state index in [2.05, 4.69) is 0 Å². The Bertz CT molecular complexity index is 619. The molecule has 1 aliphatic heterocycles. The molecule has 0 aromatic heterocycles. The number of hydrogen-bond acceptors (Lipinski definition) is 4. The summed E-state index contributed by atoms with van der Waals surface area (Å²) in [7, 11) is 1.02. The van der Waals surface area contributed by atoms with Gasteiger partial charge in [0, 0.05) is 12.9 Å². The third kappa shape index (κ3) is 5.30. The molecule has 1 unspecified atom stereocenters. The Kier molecular flexibility index (Phi) is 7.06. The highest BCUT2D eigenvalue weighted by Crippen LogP contribution is 2.43. The number of benzene rings is 1. The summed E-state index contributed by atoms with van der Waals surface area (Å²) in [6.07, 6.45) is 2.26. The first-order valence-corrected chi connectivity index (χ1v) is 9.46. The average Bonchev–Trinajstić information content (AvgIpc) is 2.79. The second-order valence-corrected chi connectivity index (χ2v) is 8.27. The molecule has 1 fully saturated rings. The van der Waals surface area contributed by atoms with Gasteiger partial charge in [0.15, 0.2) is 0 Å². The van der Waals surface area contributed by atoms with E-state index in [9.17, 15) is 9.18 Å². The largest absolute Gasteiger partial charge is 0.462 e. The summed E-state index contributed by atoms with van der Waals surface area (Å²) >= 11 is 0. The molecule has 2 atom stereocenters. The van der Waals surface area contributed by atoms with Crippen molar-refractivity contribution in [1.29, 1.82) is 0 Å². The van der Waals surface area contributed by atoms with Crippen LogP contribution in [0.1, 0.15) is 46.1 Å². The van der Waals surface area contributed by atoms with E-state index in [-0.39, 0.29) is 18.2 Å². The van der Waals surface area contributed by atoms with Crippen molar-refractivity contribution < 1.29 is 23.2 Å². The second kappa shape index (κ2) is 8.71. The number of hydrogen-bond donors (Lipinski definition) is 1. The maximum atomic E-state index is 13.1. The lowest BCUT2D eigenvalue weighted by molar-refractivity contribution is -0.123. The van der Waals surface area contributed by atoms with Crippen LogP contribution in [0, 0.1) is 11.7 Å². The number of aryl methyl sites for hydroxylation is 1. The van der Waals surface area contributed by atoms with E-state index in [1.54, 1.807) is 19.2 Å². The van der Waals surface area contributed by atoms with Gasteiger partial charge >= 0.3 is 7.12 Å². The van der Waals surface area contributed by atoms with Crippen LogP contribution >= 0.6 is 0 Å². The number of methoxy groups -OCH3 is 1. The fraction of sp³-hybridized carbons (Fsp3) is 0.650. The van der Waals surface area contributed by atoms with Crippen molar-refractivity contribution in [3.63, 3.8) is 0 Å². The molecule has 0 radical (unpaired) electrons. The number of carbonyl (C=O) groups is 1. The van der Waals surface area contributed by atoms with Crippen molar-refractivity contribution in [2.45, 2.75) is 64.0 Å². The topological polar surface area (TPSA) is 70.8 Å². The molecule has 1 aromatic rings. The molecule has 1 aliphatic rings. The van der Waals surface area contributed by atoms with E-state index < -0.39 is 30.1 Å². The molecule has 27 heavy (non-hydrogen) atoms. The van der Waals surface area contributed by atoms with Crippen molar-refractivity contribution in [2.24, 2.45) is 11.7 Å². The molecule has 0 bridgehead atoms. The predicted octanol–water partition coefficient (Wildman–Crippen LogP) is 3.36. The lowest BCUT2D eigenvalue weighted by Gasteiger charge is -2.32. The molecule has 1 amide bonds. The first-order chi connectivity index (χ1) is 12.6. The van der Waals surface area contributed by atoms with Gasteiger partial charge in [-0.1, -0.05) is 18.6 Å². The van der Waals surface area contributed by atoms with E-state index in [1.165, 1.54) is 12.1 Å². The Morgan fingerprint density at radius 1 is 1.19 bits per heavy atom. The normalized spacial score (nSPS) is 20.4. The number of nitrogens with two attached hydrogens (primary N) is 1. The monoisotopic (exact) mass is 379 g/mol. The fourth-order valence-electron chi connectivity index (χ4n) is 3.38. The maximum Gasteiger partial charge on any atom is 0.462 e. The van der Waals surface area contributed by atoms with Crippen LogP contribution < -0.4 is 5.73 Å². The molecule has 0 saturated carbocycles. The summed E-state index contributed by atoms with van der Waals surface area (Å²) in [5, 5.41) is 0. The number of amides is 1. The molecule has 0 aliphatic carbocycles. The van der Waals surface area contributed by atoms with Gasteiger partial charge in [0.2, 0.25) is 5.91 Å². The quantitative estimate of drug-likeness (QED) is 0.668. The number of carbonyl (C=O) groups excluding carboxylic acids is 1. The summed E-state index contributed by atoms with van der Waals surface area (Å²) in [5.74, 6) is -1.39. The summed E-state index contributed by atoms with van der Waals surface area (Å²) in [4.78, 5) is 12.1. The molecule has 1 aromatic carbocycles. The van der Waals surface area contributed by atoms with Gasteiger partial charge in [-0.25, -0.2) is 4.39 Å². The SMILES string of the molecule is COCC(C(N)=O)[C@@H](CCCc1ccc(F)cc1)B1OC(C)(C)C(C)(C)O1. The highest BCUT2D eigenvalue weighted by molar-refractivity contribution is 6.48. The molecule has 7 heteroatoms. The van der Waals surface area contributed by atoms with Gasteiger partial charge in [-0.05, 0) is 58.2 Å².